The molecule has 0 fully saturated rings. The van der Waals surface area contributed by atoms with E-state index in [9.17, 15) is 23.1 Å². The molecule has 0 amide bonds. The van der Waals surface area contributed by atoms with E-state index in [0.29, 0.717) is 10.4 Å². The van der Waals surface area contributed by atoms with Crippen molar-refractivity contribution in [2.45, 2.75) is 24.8 Å². The molecule has 1 atom stereocenters. The average Bonchev–Trinajstić information content (AvgIpc) is 3.35. The maximum absolute atomic E-state index is 12.8. The van der Waals surface area contributed by atoms with Gasteiger partial charge >= 0.3 is 11.9 Å². The minimum Gasteiger partial charge on any atom is -0.480 e. The second-order valence-electron chi connectivity index (χ2n) is 7.48. The predicted molar refractivity (Wildman–Crippen MR) is 118 cm³/mol. The van der Waals surface area contributed by atoms with Crippen molar-refractivity contribution in [3.05, 3.63) is 48.3 Å². The van der Waals surface area contributed by atoms with Crippen molar-refractivity contribution < 1.29 is 28.2 Å². The Morgan fingerprint density at radius 1 is 1.06 bits per heavy atom. The van der Waals surface area contributed by atoms with Crippen LogP contribution in [0.4, 0.5) is 0 Å². The molecule has 2 heterocycles. The molecule has 12 heteroatoms. The van der Waals surface area contributed by atoms with Crippen LogP contribution in [-0.4, -0.2) is 51.6 Å². The summed E-state index contributed by atoms with van der Waals surface area (Å²) < 4.78 is 30.7. The van der Waals surface area contributed by atoms with Gasteiger partial charge in [-0.05, 0) is 30.2 Å². The number of carbonyl (C=O) groups is 2. The highest BCUT2D eigenvalue weighted by molar-refractivity contribution is 7.89. The van der Waals surface area contributed by atoms with Gasteiger partial charge in [-0.3, -0.25) is 4.79 Å². The molecule has 10 nitrogen and oxygen atoms in total. The number of hydrogen-bond acceptors (Lipinski definition) is 7. The minimum absolute atomic E-state index is 0.0222. The predicted octanol–water partition coefficient (Wildman–Crippen LogP) is 2.72. The van der Waals surface area contributed by atoms with Crippen LogP contribution in [-0.2, 0) is 14.8 Å². The van der Waals surface area contributed by atoms with Crippen molar-refractivity contribution in [2.75, 3.05) is 0 Å². The van der Waals surface area contributed by atoms with Crippen LogP contribution in [0.25, 0.3) is 25.9 Å². The monoisotopic (exact) mass is 474 g/mol. The lowest BCUT2D eigenvalue weighted by molar-refractivity contribution is -0.140. The number of aromatic nitrogens is 3. The summed E-state index contributed by atoms with van der Waals surface area (Å²) in [5, 5.41) is 27.5. The molecule has 0 radical (unpaired) electrons. The summed E-state index contributed by atoms with van der Waals surface area (Å²) >= 11 is 1.36. The van der Waals surface area contributed by atoms with Gasteiger partial charge in [-0.15, -0.1) is 16.4 Å². The summed E-state index contributed by atoms with van der Waals surface area (Å²) in [5.41, 5.74) is 0.435. The zero-order valence-corrected chi connectivity index (χ0v) is 18.5. The quantitative estimate of drug-likeness (QED) is 0.370. The number of aliphatic carboxylic acids is 1. The van der Waals surface area contributed by atoms with Crippen LogP contribution in [0.3, 0.4) is 0 Å². The average molecular weight is 475 g/mol. The van der Waals surface area contributed by atoms with Gasteiger partial charge in [0, 0.05) is 20.2 Å². The molecule has 3 N–H and O–H groups in total. The molecule has 0 aliphatic rings. The van der Waals surface area contributed by atoms with Gasteiger partial charge in [0.05, 0.1) is 16.8 Å². The van der Waals surface area contributed by atoms with Gasteiger partial charge < -0.3 is 10.2 Å². The standard InChI is InChI=1S/C20H18N4O6S2/c1-10(2)18(20(27)28)22-32(29,30)12-4-6-14-13-5-3-11(7-16(13)31-17(14)8-12)24-9-15(19(25)26)21-23-24/h3-10,18,22H,1-2H3,(H,25,26)(H,27,28)/t18-/m0/s1. The molecule has 0 bridgehead atoms. The molecule has 166 valence electrons. The molecule has 2 aromatic carbocycles. The Kier molecular flexibility index (Phi) is 5.44. The van der Waals surface area contributed by atoms with Crippen molar-refractivity contribution in [3.63, 3.8) is 0 Å². The van der Waals surface area contributed by atoms with Crippen molar-refractivity contribution in [2.24, 2.45) is 5.92 Å². The number of thiophene rings is 1. The molecule has 2 aromatic heterocycles. The Morgan fingerprint density at radius 3 is 2.31 bits per heavy atom. The first-order chi connectivity index (χ1) is 15.1. The van der Waals surface area contributed by atoms with Crippen LogP contribution in [0.2, 0.25) is 0 Å². The van der Waals surface area contributed by atoms with E-state index in [4.69, 9.17) is 5.11 Å². The molecule has 0 saturated carbocycles. The molecular weight excluding hydrogens is 456 g/mol. The largest absolute Gasteiger partial charge is 0.480 e. The molecule has 32 heavy (non-hydrogen) atoms. The Hall–Kier alpha value is -3.35. The molecule has 4 aromatic rings. The normalized spacial score (nSPS) is 13.1. The van der Waals surface area contributed by atoms with E-state index in [1.54, 1.807) is 26.0 Å². The number of aromatic carboxylic acids is 1. The maximum Gasteiger partial charge on any atom is 0.358 e. The van der Waals surface area contributed by atoms with Crippen LogP contribution >= 0.6 is 11.3 Å². The highest BCUT2D eigenvalue weighted by Gasteiger charge is 2.28. The summed E-state index contributed by atoms with van der Waals surface area (Å²) in [6, 6.07) is 8.83. The third-order valence-corrected chi connectivity index (χ3v) is 7.48. The first-order valence-electron chi connectivity index (χ1n) is 9.44. The summed E-state index contributed by atoms with van der Waals surface area (Å²) in [6.07, 6.45) is 1.31. The summed E-state index contributed by atoms with van der Waals surface area (Å²) in [4.78, 5) is 22.4. The summed E-state index contributed by atoms with van der Waals surface area (Å²) in [6.45, 7) is 3.26. The van der Waals surface area contributed by atoms with Gasteiger partial charge in [0.25, 0.3) is 0 Å². The van der Waals surface area contributed by atoms with Crippen LogP contribution in [0, 0.1) is 5.92 Å². The zero-order chi connectivity index (χ0) is 23.2. The van der Waals surface area contributed by atoms with E-state index in [-0.39, 0.29) is 10.6 Å². The van der Waals surface area contributed by atoms with E-state index in [1.165, 1.54) is 34.3 Å². The number of benzene rings is 2. The van der Waals surface area contributed by atoms with Gasteiger partial charge in [-0.1, -0.05) is 31.2 Å². The van der Waals surface area contributed by atoms with Crippen molar-refractivity contribution in [3.8, 4) is 5.69 Å². The second-order valence-corrected chi connectivity index (χ2v) is 10.3. The van der Waals surface area contributed by atoms with E-state index in [1.807, 2.05) is 12.1 Å². The lowest BCUT2D eigenvalue weighted by Gasteiger charge is -2.18. The maximum atomic E-state index is 12.8. The molecule has 0 unspecified atom stereocenters. The molecule has 4 rings (SSSR count). The number of fused-ring (bicyclic) bond motifs is 3. The molecule has 0 spiro atoms. The molecule has 0 aliphatic carbocycles. The topological polar surface area (TPSA) is 151 Å². The minimum atomic E-state index is -4.04. The summed E-state index contributed by atoms with van der Waals surface area (Å²) in [5.74, 6) is -2.84. The zero-order valence-electron chi connectivity index (χ0n) is 16.9. The van der Waals surface area contributed by atoms with Crippen LogP contribution in [0.5, 0.6) is 0 Å². The van der Waals surface area contributed by atoms with E-state index in [2.05, 4.69) is 15.0 Å². The SMILES string of the molecule is CC(C)[C@H](NS(=O)(=O)c1ccc2c(c1)sc1cc(-n3cc(C(=O)O)nn3)ccc12)C(=O)O. The lowest BCUT2D eigenvalue weighted by atomic mass is 10.1. The van der Waals surface area contributed by atoms with E-state index >= 15 is 0 Å². The Bertz CT molecular complexity index is 1470. The lowest BCUT2D eigenvalue weighted by Crippen LogP contribution is -2.44. The van der Waals surface area contributed by atoms with Gasteiger partial charge in [0.2, 0.25) is 10.0 Å². The van der Waals surface area contributed by atoms with Crippen LogP contribution in [0.1, 0.15) is 24.3 Å². The number of sulfonamides is 1. The fourth-order valence-electron chi connectivity index (χ4n) is 3.25. The van der Waals surface area contributed by atoms with Gasteiger partial charge in [-0.25, -0.2) is 17.9 Å². The van der Waals surface area contributed by atoms with Crippen LogP contribution < -0.4 is 4.72 Å². The number of nitrogens with one attached hydrogen (secondary N) is 1. The molecule has 0 aliphatic heterocycles. The highest BCUT2D eigenvalue weighted by Crippen LogP contribution is 2.36. The van der Waals surface area contributed by atoms with E-state index < -0.39 is 33.9 Å². The van der Waals surface area contributed by atoms with Gasteiger partial charge in [-0.2, -0.15) is 4.72 Å². The second kappa shape index (κ2) is 7.97. The first kappa shape index (κ1) is 21.9. The third-order valence-electron chi connectivity index (χ3n) is 4.93. The number of hydrogen-bond donors (Lipinski definition) is 3. The Balaban J connectivity index is 1.73. The van der Waals surface area contributed by atoms with Gasteiger partial charge in [0.15, 0.2) is 5.69 Å². The number of rotatable bonds is 7. The fourth-order valence-corrected chi connectivity index (χ4v) is 5.87. The van der Waals surface area contributed by atoms with E-state index in [0.717, 1.165) is 15.5 Å². The first-order valence-corrected chi connectivity index (χ1v) is 11.7. The Morgan fingerprint density at radius 2 is 1.72 bits per heavy atom. The highest BCUT2D eigenvalue weighted by atomic mass is 32.2. The number of nitrogens with zero attached hydrogens (tertiary/aromatic N) is 3. The number of carboxylic acid groups (broad SMARTS) is 2. The smallest absolute Gasteiger partial charge is 0.358 e. The fraction of sp³-hybridized carbons (Fsp3) is 0.200. The third kappa shape index (κ3) is 3.95. The van der Waals surface area contributed by atoms with Crippen LogP contribution in [0.15, 0.2) is 47.5 Å². The van der Waals surface area contributed by atoms with Gasteiger partial charge in [0.1, 0.15) is 6.04 Å². The van der Waals surface area contributed by atoms with Crippen molar-refractivity contribution >= 4 is 53.5 Å². The Labute approximate surface area is 186 Å². The number of carboxylic acids is 2. The molecular formula is C20H18N4O6S2. The van der Waals surface area contributed by atoms with Crippen molar-refractivity contribution in [1.82, 2.24) is 19.7 Å². The summed E-state index contributed by atoms with van der Waals surface area (Å²) in [7, 11) is -4.04. The van der Waals surface area contributed by atoms with Crippen molar-refractivity contribution in [1.29, 1.82) is 0 Å². The molecule has 0 saturated heterocycles.